The molecule has 2 unspecified atom stereocenters. The SMILES string of the molecule is Cc1ccc(C2C(C(=O)c3ccncc3)C(=O)C(=O)N2CCc2cccc3ccccc23)cc1. The Morgan fingerprint density at radius 3 is 2.35 bits per heavy atom. The Morgan fingerprint density at radius 2 is 1.59 bits per heavy atom. The molecule has 0 bridgehead atoms. The van der Waals surface area contributed by atoms with Gasteiger partial charge in [0, 0.05) is 24.5 Å². The van der Waals surface area contributed by atoms with E-state index in [4.69, 9.17) is 0 Å². The van der Waals surface area contributed by atoms with E-state index in [1.807, 2.05) is 55.5 Å². The zero-order chi connectivity index (χ0) is 23.7. The summed E-state index contributed by atoms with van der Waals surface area (Å²) in [5.74, 6) is -2.67. The lowest BCUT2D eigenvalue weighted by molar-refractivity contribution is -0.140. The molecule has 4 aromatic rings. The monoisotopic (exact) mass is 448 g/mol. The van der Waals surface area contributed by atoms with E-state index in [0.29, 0.717) is 18.5 Å². The number of rotatable bonds is 6. The standard InChI is InChI=1S/C29H24N2O3/c1-19-9-11-22(12-10-19)26-25(27(32)23-13-16-30-17-14-23)28(33)29(34)31(26)18-15-21-7-4-6-20-5-2-3-8-24(20)21/h2-14,16-17,25-26H,15,18H2,1H3. The van der Waals surface area contributed by atoms with Gasteiger partial charge in [-0.2, -0.15) is 0 Å². The predicted molar refractivity (Wildman–Crippen MR) is 130 cm³/mol. The maximum atomic E-state index is 13.4. The summed E-state index contributed by atoms with van der Waals surface area (Å²) >= 11 is 0. The molecule has 5 rings (SSSR count). The molecule has 0 aliphatic carbocycles. The third-order valence-corrected chi connectivity index (χ3v) is 6.57. The van der Waals surface area contributed by atoms with E-state index in [2.05, 4.69) is 23.2 Å². The van der Waals surface area contributed by atoms with Crippen LogP contribution in [0, 0.1) is 12.8 Å². The van der Waals surface area contributed by atoms with Gasteiger partial charge in [0.05, 0.1) is 6.04 Å². The van der Waals surface area contributed by atoms with Crippen molar-refractivity contribution in [1.29, 1.82) is 0 Å². The largest absolute Gasteiger partial charge is 0.327 e. The highest BCUT2D eigenvalue weighted by atomic mass is 16.2. The quantitative estimate of drug-likeness (QED) is 0.243. The van der Waals surface area contributed by atoms with E-state index in [1.165, 1.54) is 12.4 Å². The van der Waals surface area contributed by atoms with Crippen LogP contribution in [0.15, 0.2) is 91.3 Å². The van der Waals surface area contributed by atoms with Crippen molar-refractivity contribution in [2.45, 2.75) is 19.4 Å². The van der Waals surface area contributed by atoms with Crippen molar-refractivity contribution in [1.82, 2.24) is 9.88 Å². The smallest absolute Gasteiger partial charge is 0.291 e. The van der Waals surface area contributed by atoms with Crippen LogP contribution in [-0.4, -0.2) is 33.9 Å². The van der Waals surface area contributed by atoms with Gasteiger partial charge in [0.2, 0.25) is 5.78 Å². The van der Waals surface area contributed by atoms with Crippen molar-refractivity contribution in [2.75, 3.05) is 6.54 Å². The fraction of sp³-hybridized carbons (Fsp3) is 0.172. The van der Waals surface area contributed by atoms with Gasteiger partial charge in [-0.3, -0.25) is 19.4 Å². The summed E-state index contributed by atoms with van der Waals surface area (Å²) in [6, 6.07) is 24.5. The zero-order valence-electron chi connectivity index (χ0n) is 18.8. The lowest BCUT2D eigenvalue weighted by atomic mass is 9.86. The van der Waals surface area contributed by atoms with Crippen LogP contribution in [0.4, 0.5) is 0 Å². The number of hydrogen-bond donors (Lipinski definition) is 0. The fourth-order valence-electron chi connectivity index (χ4n) is 4.81. The predicted octanol–water partition coefficient (Wildman–Crippen LogP) is 4.74. The van der Waals surface area contributed by atoms with Crippen LogP contribution < -0.4 is 0 Å². The van der Waals surface area contributed by atoms with Crippen LogP contribution in [0.25, 0.3) is 10.8 Å². The van der Waals surface area contributed by atoms with Crippen LogP contribution in [0.5, 0.6) is 0 Å². The number of carbonyl (C=O) groups excluding carboxylic acids is 3. The van der Waals surface area contributed by atoms with Crippen molar-refractivity contribution in [3.8, 4) is 0 Å². The Balaban J connectivity index is 1.52. The first kappa shape index (κ1) is 21.7. The molecule has 168 valence electrons. The van der Waals surface area contributed by atoms with E-state index in [0.717, 1.165) is 27.5 Å². The minimum Gasteiger partial charge on any atom is -0.327 e. The Labute approximate surface area is 198 Å². The second kappa shape index (κ2) is 9.02. The molecule has 5 nitrogen and oxygen atoms in total. The number of fused-ring (bicyclic) bond motifs is 1. The number of ketones is 2. The molecular weight excluding hydrogens is 424 g/mol. The van der Waals surface area contributed by atoms with E-state index < -0.39 is 23.7 Å². The lowest BCUT2D eigenvalue weighted by Gasteiger charge is -2.27. The number of amides is 1. The van der Waals surface area contributed by atoms with Gasteiger partial charge in [0.15, 0.2) is 5.78 Å². The van der Waals surface area contributed by atoms with E-state index in [-0.39, 0.29) is 5.78 Å². The van der Waals surface area contributed by atoms with Gasteiger partial charge < -0.3 is 4.90 Å². The number of aromatic nitrogens is 1. The number of carbonyl (C=O) groups is 3. The molecule has 1 saturated heterocycles. The molecule has 1 amide bonds. The minimum atomic E-state index is -1.08. The van der Waals surface area contributed by atoms with Crippen LogP contribution >= 0.6 is 0 Å². The van der Waals surface area contributed by atoms with Crippen LogP contribution in [-0.2, 0) is 16.0 Å². The normalized spacial score (nSPS) is 18.0. The second-order valence-corrected chi connectivity index (χ2v) is 8.68. The Hall–Kier alpha value is -4.12. The third kappa shape index (κ3) is 3.90. The number of hydrogen-bond acceptors (Lipinski definition) is 4. The topological polar surface area (TPSA) is 67.3 Å². The summed E-state index contributed by atoms with van der Waals surface area (Å²) in [7, 11) is 0. The second-order valence-electron chi connectivity index (χ2n) is 8.68. The van der Waals surface area contributed by atoms with E-state index in [1.54, 1.807) is 17.0 Å². The van der Waals surface area contributed by atoms with Gasteiger partial charge in [-0.15, -0.1) is 0 Å². The van der Waals surface area contributed by atoms with Gasteiger partial charge in [-0.25, -0.2) is 0 Å². The average molecular weight is 449 g/mol. The van der Waals surface area contributed by atoms with Gasteiger partial charge in [-0.1, -0.05) is 72.3 Å². The summed E-state index contributed by atoms with van der Waals surface area (Å²) in [4.78, 5) is 45.3. The number of benzene rings is 3. The minimum absolute atomic E-state index is 0.344. The van der Waals surface area contributed by atoms with Crippen LogP contribution in [0.1, 0.15) is 33.1 Å². The highest BCUT2D eigenvalue weighted by molar-refractivity contribution is 6.44. The number of nitrogens with zero attached hydrogens (tertiary/aromatic N) is 2. The maximum absolute atomic E-state index is 13.4. The molecule has 1 aliphatic heterocycles. The Bertz CT molecular complexity index is 1370. The van der Waals surface area contributed by atoms with Crippen molar-refractivity contribution in [2.24, 2.45) is 5.92 Å². The average Bonchev–Trinajstić information content (AvgIpc) is 3.13. The van der Waals surface area contributed by atoms with E-state index >= 15 is 0 Å². The molecule has 2 heterocycles. The molecule has 3 aromatic carbocycles. The summed E-state index contributed by atoms with van der Waals surface area (Å²) in [5.41, 5.74) is 3.34. The summed E-state index contributed by atoms with van der Waals surface area (Å²) in [6.07, 6.45) is 3.63. The Morgan fingerprint density at radius 1 is 0.882 bits per heavy atom. The summed E-state index contributed by atoms with van der Waals surface area (Å²) in [6.45, 7) is 2.32. The first-order valence-corrected chi connectivity index (χ1v) is 11.4. The van der Waals surface area contributed by atoms with Crippen LogP contribution in [0.3, 0.4) is 0 Å². The van der Waals surface area contributed by atoms with Crippen molar-refractivity contribution >= 4 is 28.2 Å². The molecule has 34 heavy (non-hydrogen) atoms. The number of likely N-dealkylation sites (tertiary alicyclic amines) is 1. The van der Waals surface area contributed by atoms with E-state index in [9.17, 15) is 14.4 Å². The van der Waals surface area contributed by atoms with Crippen LogP contribution in [0.2, 0.25) is 0 Å². The molecule has 0 saturated carbocycles. The number of pyridine rings is 1. The van der Waals surface area contributed by atoms with Crippen molar-refractivity contribution < 1.29 is 14.4 Å². The molecule has 1 fully saturated rings. The summed E-state index contributed by atoms with van der Waals surface area (Å²) in [5, 5.41) is 2.25. The summed E-state index contributed by atoms with van der Waals surface area (Å²) < 4.78 is 0. The van der Waals surface area contributed by atoms with Crippen molar-refractivity contribution in [3.05, 3.63) is 114 Å². The highest BCUT2D eigenvalue weighted by Gasteiger charge is 2.51. The lowest BCUT2D eigenvalue weighted by Crippen LogP contribution is -2.32. The molecular formula is C29H24N2O3. The van der Waals surface area contributed by atoms with Gasteiger partial charge in [0.25, 0.3) is 5.91 Å². The van der Waals surface area contributed by atoms with Gasteiger partial charge >= 0.3 is 0 Å². The fourth-order valence-corrected chi connectivity index (χ4v) is 4.81. The first-order valence-electron chi connectivity index (χ1n) is 11.4. The number of aryl methyl sites for hydroxylation is 1. The zero-order valence-corrected chi connectivity index (χ0v) is 18.8. The third-order valence-electron chi connectivity index (χ3n) is 6.57. The molecule has 1 aromatic heterocycles. The van der Waals surface area contributed by atoms with Gasteiger partial charge in [0.1, 0.15) is 5.92 Å². The Kier molecular flexibility index (Phi) is 5.76. The van der Waals surface area contributed by atoms with Gasteiger partial charge in [-0.05, 0) is 47.4 Å². The number of Topliss-reactive ketones (excluding diaryl/α,β-unsaturated/α-hetero) is 2. The van der Waals surface area contributed by atoms with Crippen molar-refractivity contribution in [3.63, 3.8) is 0 Å². The maximum Gasteiger partial charge on any atom is 0.291 e. The molecule has 1 aliphatic rings. The first-order chi connectivity index (χ1) is 16.5. The highest BCUT2D eigenvalue weighted by Crippen LogP contribution is 2.38. The molecule has 2 atom stereocenters. The molecule has 0 N–H and O–H groups in total. The molecule has 0 radical (unpaired) electrons. The molecule has 5 heteroatoms. The molecule has 0 spiro atoms.